The van der Waals surface area contributed by atoms with Gasteiger partial charge in [0.15, 0.2) is 0 Å². The normalized spacial score (nSPS) is 24.4. The lowest BCUT2D eigenvalue weighted by Crippen LogP contribution is -2.43. The summed E-state index contributed by atoms with van der Waals surface area (Å²) in [5.41, 5.74) is 7.17. The van der Waals surface area contributed by atoms with Crippen LogP contribution in [0.4, 0.5) is 0 Å². The molecule has 0 spiro atoms. The van der Waals surface area contributed by atoms with Gasteiger partial charge in [-0.25, -0.2) is 0 Å². The first kappa shape index (κ1) is 14.4. The van der Waals surface area contributed by atoms with Crippen LogP contribution < -0.4 is 10.5 Å². The van der Waals surface area contributed by atoms with E-state index in [0.29, 0.717) is 12.0 Å². The lowest BCUT2D eigenvalue weighted by Gasteiger charge is -2.37. The number of hydrogen-bond donors (Lipinski definition) is 1. The third kappa shape index (κ3) is 3.95. The molecule has 0 radical (unpaired) electrons. The zero-order chi connectivity index (χ0) is 13.7. The minimum Gasteiger partial charge on any atom is -0.494 e. The van der Waals surface area contributed by atoms with Gasteiger partial charge in [0, 0.05) is 19.1 Å². The number of rotatable bonds is 5. The molecule has 1 aromatic carbocycles. The summed E-state index contributed by atoms with van der Waals surface area (Å²) in [5, 5.41) is 0. The highest BCUT2D eigenvalue weighted by atomic mass is 16.5. The summed E-state index contributed by atoms with van der Waals surface area (Å²) in [7, 11) is 0. The van der Waals surface area contributed by atoms with Crippen LogP contribution in [0.5, 0.6) is 5.75 Å². The van der Waals surface area contributed by atoms with E-state index < -0.39 is 0 Å². The molecule has 1 fully saturated rings. The minimum absolute atomic E-state index is 0.661. The summed E-state index contributed by atoms with van der Waals surface area (Å²) in [5.74, 6) is 1.62. The van der Waals surface area contributed by atoms with Gasteiger partial charge in [-0.3, -0.25) is 4.90 Å². The molecule has 3 heteroatoms. The highest BCUT2D eigenvalue weighted by Gasteiger charge is 2.24. The molecule has 0 aliphatic carbocycles. The van der Waals surface area contributed by atoms with Crippen molar-refractivity contribution in [3.05, 3.63) is 29.8 Å². The molecule has 0 amide bonds. The Morgan fingerprint density at radius 2 is 2.00 bits per heavy atom. The lowest BCUT2D eigenvalue weighted by molar-refractivity contribution is 0.113. The third-order valence-electron chi connectivity index (χ3n) is 4.06. The van der Waals surface area contributed by atoms with Crippen molar-refractivity contribution < 1.29 is 4.74 Å². The first-order valence-corrected chi connectivity index (χ1v) is 7.38. The molecule has 0 saturated carbocycles. The molecule has 2 atom stereocenters. The Bertz CT molecular complexity index is 377. The van der Waals surface area contributed by atoms with Crippen LogP contribution in [0.1, 0.15) is 32.3 Å². The van der Waals surface area contributed by atoms with E-state index in [1.54, 1.807) is 0 Å². The Labute approximate surface area is 116 Å². The summed E-state index contributed by atoms with van der Waals surface area (Å²) < 4.78 is 5.48. The summed E-state index contributed by atoms with van der Waals surface area (Å²) in [6.07, 6.45) is 2.54. The quantitative estimate of drug-likeness (QED) is 0.886. The lowest BCUT2D eigenvalue weighted by atomic mass is 9.93. The standard InChI is InChI=1S/C16H26N2O/c1-3-19-16-8-6-14(7-9-16)11-18-12-15(10-17)5-4-13(18)2/h6-9,13,15H,3-5,10-12,17H2,1-2H3. The van der Waals surface area contributed by atoms with E-state index in [4.69, 9.17) is 10.5 Å². The van der Waals surface area contributed by atoms with Gasteiger partial charge in [0.1, 0.15) is 5.75 Å². The maximum Gasteiger partial charge on any atom is 0.119 e. The van der Waals surface area contributed by atoms with E-state index in [2.05, 4.69) is 36.1 Å². The van der Waals surface area contributed by atoms with Crippen molar-refractivity contribution >= 4 is 0 Å². The molecule has 2 rings (SSSR count). The van der Waals surface area contributed by atoms with Crippen LogP contribution in [-0.2, 0) is 6.54 Å². The second-order valence-electron chi connectivity index (χ2n) is 5.53. The van der Waals surface area contributed by atoms with Crippen molar-refractivity contribution in [3.63, 3.8) is 0 Å². The van der Waals surface area contributed by atoms with Crippen molar-refractivity contribution in [1.82, 2.24) is 4.90 Å². The van der Waals surface area contributed by atoms with Crippen LogP contribution in [0.2, 0.25) is 0 Å². The molecule has 2 unspecified atom stereocenters. The fraction of sp³-hybridized carbons (Fsp3) is 0.625. The van der Waals surface area contributed by atoms with E-state index in [-0.39, 0.29) is 0 Å². The molecule has 106 valence electrons. The molecule has 0 aromatic heterocycles. The second kappa shape index (κ2) is 6.92. The van der Waals surface area contributed by atoms with Crippen molar-refractivity contribution in [1.29, 1.82) is 0 Å². The van der Waals surface area contributed by atoms with Crippen molar-refractivity contribution in [2.24, 2.45) is 11.7 Å². The van der Waals surface area contributed by atoms with E-state index >= 15 is 0 Å². The van der Waals surface area contributed by atoms with Gasteiger partial charge in [-0.1, -0.05) is 12.1 Å². The molecule has 2 N–H and O–H groups in total. The zero-order valence-corrected chi connectivity index (χ0v) is 12.1. The number of nitrogens with zero attached hydrogens (tertiary/aromatic N) is 1. The molecule has 1 aromatic rings. The fourth-order valence-electron chi connectivity index (χ4n) is 2.77. The molecular weight excluding hydrogens is 236 g/mol. The van der Waals surface area contributed by atoms with Crippen LogP contribution in [0, 0.1) is 5.92 Å². The SMILES string of the molecule is CCOc1ccc(CN2CC(CN)CCC2C)cc1. The van der Waals surface area contributed by atoms with Crippen LogP contribution >= 0.6 is 0 Å². The Kier molecular flexibility index (Phi) is 5.23. The fourth-order valence-corrected chi connectivity index (χ4v) is 2.77. The smallest absolute Gasteiger partial charge is 0.119 e. The average Bonchev–Trinajstić information content (AvgIpc) is 2.44. The van der Waals surface area contributed by atoms with Crippen molar-refractivity contribution in [3.8, 4) is 5.75 Å². The van der Waals surface area contributed by atoms with E-state index in [9.17, 15) is 0 Å². The van der Waals surface area contributed by atoms with Crippen LogP contribution in [0.25, 0.3) is 0 Å². The maximum absolute atomic E-state index is 5.81. The van der Waals surface area contributed by atoms with E-state index in [0.717, 1.165) is 32.0 Å². The number of nitrogens with two attached hydrogens (primary N) is 1. The molecule has 3 nitrogen and oxygen atoms in total. The predicted octanol–water partition coefficient (Wildman–Crippen LogP) is 2.64. The van der Waals surface area contributed by atoms with Crippen molar-refractivity contribution in [2.45, 2.75) is 39.3 Å². The van der Waals surface area contributed by atoms with Gasteiger partial charge in [0.2, 0.25) is 0 Å². The predicted molar refractivity (Wildman–Crippen MR) is 79.3 cm³/mol. The Balaban J connectivity index is 1.95. The number of piperidine rings is 1. The molecular formula is C16H26N2O. The third-order valence-corrected chi connectivity index (χ3v) is 4.06. The summed E-state index contributed by atoms with van der Waals surface area (Å²) >= 11 is 0. The molecule has 19 heavy (non-hydrogen) atoms. The van der Waals surface area contributed by atoms with Crippen LogP contribution in [0.3, 0.4) is 0 Å². The molecule has 0 bridgehead atoms. The van der Waals surface area contributed by atoms with Crippen LogP contribution in [-0.4, -0.2) is 30.6 Å². The number of hydrogen-bond acceptors (Lipinski definition) is 3. The molecule has 1 aliphatic heterocycles. The molecule has 1 saturated heterocycles. The molecule has 1 aliphatic rings. The van der Waals surface area contributed by atoms with Gasteiger partial charge in [-0.05, 0) is 56.8 Å². The monoisotopic (exact) mass is 262 g/mol. The van der Waals surface area contributed by atoms with E-state index in [1.165, 1.54) is 18.4 Å². The Hall–Kier alpha value is -1.06. The largest absolute Gasteiger partial charge is 0.494 e. The Morgan fingerprint density at radius 1 is 1.26 bits per heavy atom. The highest BCUT2D eigenvalue weighted by Crippen LogP contribution is 2.23. The summed E-state index contributed by atoms with van der Waals surface area (Å²) in [6.45, 7) is 8.01. The molecule has 1 heterocycles. The van der Waals surface area contributed by atoms with E-state index in [1.807, 2.05) is 6.92 Å². The Morgan fingerprint density at radius 3 is 2.63 bits per heavy atom. The number of likely N-dealkylation sites (tertiary alicyclic amines) is 1. The summed E-state index contributed by atoms with van der Waals surface area (Å²) in [4.78, 5) is 2.55. The number of benzene rings is 1. The second-order valence-corrected chi connectivity index (χ2v) is 5.53. The minimum atomic E-state index is 0.661. The van der Waals surface area contributed by atoms with Gasteiger partial charge >= 0.3 is 0 Å². The first-order valence-electron chi connectivity index (χ1n) is 7.38. The average molecular weight is 262 g/mol. The van der Waals surface area contributed by atoms with Gasteiger partial charge < -0.3 is 10.5 Å². The highest BCUT2D eigenvalue weighted by molar-refractivity contribution is 5.27. The topological polar surface area (TPSA) is 38.5 Å². The van der Waals surface area contributed by atoms with Gasteiger partial charge in [-0.2, -0.15) is 0 Å². The number of ether oxygens (including phenoxy) is 1. The maximum atomic E-state index is 5.81. The van der Waals surface area contributed by atoms with Gasteiger partial charge in [0.05, 0.1) is 6.61 Å². The van der Waals surface area contributed by atoms with Crippen LogP contribution in [0.15, 0.2) is 24.3 Å². The zero-order valence-electron chi connectivity index (χ0n) is 12.1. The van der Waals surface area contributed by atoms with Gasteiger partial charge in [-0.15, -0.1) is 0 Å². The van der Waals surface area contributed by atoms with Crippen molar-refractivity contribution in [2.75, 3.05) is 19.7 Å². The first-order chi connectivity index (χ1) is 9.22. The van der Waals surface area contributed by atoms with Gasteiger partial charge in [0.25, 0.3) is 0 Å². The summed E-state index contributed by atoms with van der Waals surface area (Å²) in [6, 6.07) is 9.13.